The fourth-order valence-electron chi connectivity index (χ4n) is 2.34. The van der Waals surface area contributed by atoms with Crippen molar-refractivity contribution in [3.63, 3.8) is 0 Å². The maximum absolute atomic E-state index is 12.6. The van der Waals surface area contributed by atoms with E-state index in [1.807, 2.05) is 18.2 Å². The van der Waals surface area contributed by atoms with E-state index in [1.165, 1.54) is 12.3 Å². The van der Waals surface area contributed by atoms with Crippen LogP contribution < -0.4 is 10.6 Å². The van der Waals surface area contributed by atoms with E-state index in [9.17, 15) is 9.59 Å². The highest BCUT2D eigenvalue weighted by molar-refractivity contribution is 6.30. The van der Waals surface area contributed by atoms with Crippen molar-refractivity contribution in [3.8, 4) is 0 Å². The molecule has 3 rings (SSSR count). The van der Waals surface area contributed by atoms with Crippen molar-refractivity contribution in [3.05, 3.63) is 101 Å². The number of furan rings is 1. The fourth-order valence-corrected chi connectivity index (χ4v) is 2.46. The Kier molecular flexibility index (Phi) is 6.07. The van der Waals surface area contributed by atoms with Gasteiger partial charge >= 0.3 is 0 Å². The number of nitrogens with one attached hydrogen (secondary N) is 2. The first kappa shape index (κ1) is 18.5. The van der Waals surface area contributed by atoms with Crippen LogP contribution in [0.25, 0.3) is 6.08 Å². The van der Waals surface area contributed by atoms with Gasteiger partial charge < -0.3 is 15.1 Å². The van der Waals surface area contributed by atoms with Crippen LogP contribution in [0, 0.1) is 0 Å². The SMILES string of the molecule is O=C(NCc1ccc(Cl)cc1)C(=Cc1ccco1)NC(=O)c1ccccc1. The highest BCUT2D eigenvalue weighted by atomic mass is 35.5. The summed E-state index contributed by atoms with van der Waals surface area (Å²) in [6, 6.07) is 19.2. The Morgan fingerprint density at radius 1 is 0.963 bits per heavy atom. The van der Waals surface area contributed by atoms with Gasteiger partial charge in [-0.2, -0.15) is 0 Å². The molecule has 136 valence electrons. The molecule has 0 radical (unpaired) electrons. The van der Waals surface area contributed by atoms with Crippen LogP contribution >= 0.6 is 11.6 Å². The van der Waals surface area contributed by atoms with Crippen LogP contribution in [-0.4, -0.2) is 11.8 Å². The zero-order valence-corrected chi connectivity index (χ0v) is 15.1. The Morgan fingerprint density at radius 2 is 1.70 bits per heavy atom. The summed E-state index contributed by atoms with van der Waals surface area (Å²) < 4.78 is 5.26. The summed E-state index contributed by atoms with van der Waals surface area (Å²) in [5.41, 5.74) is 1.43. The molecule has 0 unspecified atom stereocenters. The topological polar surface area (TPSA) is 71.3 Å². The molecule has 1 heterocycles. The highest BCUT2D eigenvalue weighted by Gasteiger charge is 2.15. The second-order valence-corrected chi connectivity index (χ2v) is 6.14. The van der Waals surface area contributed by atoms with Gasteiger partial charge in [-0.1, -0.05) is 41.9 Å². The van der Waals surface area contributed by atoms with Crippen molar-refractivity contribution in [2.45, 2.75) is 6.54 Å². The van der Waals surface area contributed by atoms with E-state index in [2.05, 4.69) is 10.6 Å². The van der Waals surface area contributed by atoms with Gasteiger partial charge in [-0.25, -0.2) is 0 Å². The second kappa shape index (κ2) is 8.87. The van der Waals surface area contributed by atoms with Crippen LogP contribution in [0.1, 0.15) is 21.7 Å². The molecule has 0 fully saturated rings. The zero-order valence-electron chi connectivity index (χ0n) is 14.3. The van der Waals surface area contributed by atoms with Crippen LogP contribution in [0.5, 0.6) is 0 Å². The molecule has 0 saturated carbocycles. The summed E-state index contributed by atoms with van der Waals surface area (Å²) in [5.74, 6) is -0.347. The van der Waals surface area contributed by atoms with E-state index in [0.29, 0.717) is 22.9 Å². The third-order valence-corrected chi connectivity index (χ3v) is 3.98. The summed E-state index contributed by atoms with van der Waals surface area (Å²) >= 11 is 5.87. The molecule has 5 nitrogen and oxygen atoms in total. The third-order valence-electron chi connectivity index (χ3n) is 3.72. The Hall–Kier alpha value is -3.31. The van der Waals surface area contributed by atoms with Crippen LogP contribution in [0.15, 0.2) is 83.1 Å². The first-order chi connectivity index (χ1) is 13.1. The normalized spacial score (nSPS) is 11.1. The zero-order chi connectivity index (χ0) is 19.1. The van der Waals surface area contributed by atoms with Gasteiger partial charge in [-0.05, 0) is 42.0 Å². The Bertz CT molecular complexity index is 933. The summed E-state index contributed by atoms with van der Waals surface area (Å²) in [7, 11) is 0. The lowest BCUT2D eigenvalue weighted by Gasteiger charge is -2.11. The van der Waals surface area contributed by atoms with E-state index >= 15 is 0 Å². The lowest BCUT2D eigenvalue weighted by Crippen LogP contribution is -2.34. The monoisotopic (exact) mass is 380 g/mol. The molecule has 0 aliphatic heterocycles. The molecule has 1 aromatic heterocycles. The predicted octanol–water partition coefficient (Wildman–Crippen LogP) is 4.02. The van der Waals surface area contributed by atoms with Gasteiger partial charge in [-0.3, -0.25) is 9.59 Å². The van der Waals surface area contributed by atoms with E-state index in [4.69, 9.17) is 16.0 Å². The summed E-state index contributed by atoms with van der Waals surface area (Å²) in [4.78, 5) is 25.0. The summed E-state index contributed by atoms with van der Waals surface area (Å²) in [5, 5.41) is 6.05. The molecule has 6 heteroatoms. The summed E-state index contributed by atoms with van der Waals surface area (Å²) in [6.07, 6.45) is 2.98. The molecule has 2 N–H and O–H groups in total. The van der Waals surface area contributed by atoms with Gasteiger partial charge in [0.1, 0.15) is 11.5 Å². The van der Waals surface area contributed by atoms with Crippen molar-refractivity contribution >= 4 is 29.5 Å². The largest absolute Gasteiger partial charge is 0.465 e. The molecule has 0 aliphatic carbocycles. The number of hydrogen-bond donors (Lipinski definition) is 2. The maximum Gasteiger partial charge on any atom is 0.268 e. The first-order valence-corrected chi connectivity index (χ1v) is 8.64. The average molecular weight is 381 g/mol. The van der Waals surface area contributed by atoms with Crippen LogP contribution in [0.2, 0.25) is 5.02 Å². The molecule has 27 heavy (non-hydrogen) atoms. The molecule has 2 amide bonds. The lowest BCUT2D eigenvalue weighted by atomic mass is 10.2. The number of rotatable bonds is 6. The molecule has 0 atom stereocenters. The highest BCUT2D eigenvalue weighted by Crippen LogP contribution is 2.11. The fraction of sp³-hybridized carbons (Fsp3) is 0.0476. The van der Waals surface area contributed by atoms with Gasteiger partial charge in [0.15, 0.2) is 0 Å². The molecule has 0 spiro atoms. The molecule has 0 saturated heterocycles. The predicted molar refractivity (Wildman–Crippen MR) is 104 cm³/mol. The first-order valence-electron chi connectivity index (χ1n) is 8.26. The number of amides is 2. The molecule has 3 aromatic rings. The van der Waals surface area contributed by atoms with E-state index in [1.54, 1.807) is 48.5 Å². The van der Waals surface area contributed by atoms with Crippen molar-refractivity contribution in [2.24, 2.45) is 0 Å². The number of carbonyl (C=O) groups is 2. The molecular formula is C21H17ClN2O3. The average Bonchev–Trinajstić information content (AvgIpc) is 3.20. The van der Waals surface area contributed by atoms with Gasteiger partial charge in [0.25, 0.3) is 11.8 Å². The minimum absolute atomic E-state index is 0.0905. The Labute approximate surface area is 161 Å². The van der Waals surface area contributed by atoms with Crippen molar-refractivity contribution in [1.29, 1.82) is 0 Å². The second-order valence-electron chi connectivity index (χ2n) is 5.70. The van der Waals surface area contributed by atoms with Crippen molar-refractivity contribution < 1.29 is 14.0 Å². The van der Waals surface area contributed by atoms with Crippen LogP contribution in [-0.2, 0) is 11.3 Å². The minimum Gasteiger partial charge on any atom is -0.465 e. The van der Waals surface area contributed by atoms with Gasteiger partial charge in [0, 0.05) is 23.2 Å². The van der Waals surface area contributed by atoms with Crippen LogP contribution in [0.4, 0.5) is 0 Å². The van der Waals surface area contributed by atoms with Gasteiger partial charge in [0.2, 0.25) is 0 Å². The maximum atomic E-state index is 12.6. The Balaban J connectivity index is 1.74. The smallest absolute Gasteiger partial charge is 0.268 e. The van der Waals surface area contributed by atoms with Crippen molar-refractivity contribution in [1.82, 2.24) is 10.6 Å². The van der Waals surface area contributed by atoms with E-state index in [0.717, 1.165) is 5.56 Å². The Morgan fingerprint density at radius 3 is 2.37 bits per heavy atom. The van der Waals surface area contributed by atoms with Crippen molar-refractivity contribution in [2.75, 3.05) is 0 Å². The summed E-state index contributed by atoms with van der Waals surface area (Å²) in [6.45, 7) is 0.298. The molecule has 0 aliphatic rings. The number of benzene rings is 2. The van der Waals surface area contributed by atoms with Crippen LogP contribution in [0.3, 0.4) is 0 Å². The molecule has 2 aromatic carbocycles. The van der Waals surface area contributed by atoms with E-state index in [-0.39, 0.29) is 11.6 Å². The van der Waals surface area contributed by atoms with Gasteiger partial charge in [0.05, 0.1) is 6.26 Å². The standard InChI is InChI=1S/C21H17ClN2O3/c22-17-10-8-15(9-11-17)14-23-21(26)19(13-18-7-4-12-27-18)24-20(25)16-5-2-1-3-6-16/h1-13H,14H2,(H,23,26)(H,24,25). The quantitative estimate of drug-likeness (QED) is 0.634. The molecule has 0 bridgehead atoms. The third kappa shape index (κ3) is 5.33. The molecular weight excluding hydrogens is 364 g/mol. The number of halogens is 1. The minimum atomic E-state index is -0.425. The number of hydrogen-bond acceptors (Lipinski definition) is 3. The van der Waals surface area contributed by atoms with Gasteiger partial charge in [-0.15, -0.1) is 0 Å². The lowest BCUT2D eigenvalue weighted by molar-refractivity contribution is -0.117. The van der Waals surface area contributed by atoms with E-state index < -0.39 is 5.91 Å². The number of carbonyl (C=O) groups excluding carboxylic acids is 2.